The number of para-hydroxylation sites is 2. The zero-order valence-electron chi connectivity index (χ0n) is 13.8. The fourth-order valence-corrected chi connectivity index (χ4v) is 3.39. The lowest BCUT2D eigenvalue weighted by Crippen LogP contribution is -2.28. The normalized spacial score (nSPS) is 12.3. The van der Waals surface area contributed by atoms with Crippen LogP contribution in [-0.4, -0.2) is 21.2 Å². The molecule has 0 aliphatic carbocycles. The minimum absolute atomic E-state index is 0.157. The van der Waals surface area contributed by atoms with Gasteiger partial charge in [0.1, 0.15) is 11.6 Å². The number of aromatic nitrogens is 2. The average Bonchev–Trinajstić information content (AvgIpc) is 2.89. The Balaban J connectivity index is 1.63. The standard InChI is InChI=1S/C18H17F2N3OS/c1-11(13-8-7-12(19)9-14(13)20)21-17(24)10-25-18-22-15-5-3-4-6-16(15)23(18)2/h3-9,11H,10H2,1-2H3,(H,21,24). The van der Waals surface area contributed by atoms with Gasteiger partial charge >= 0.3 is 0 Å². The van der Waals surface area contributed by atoms with E-state index in [9.17, 15) is 13.6 Å². The van der Waals surface area contributed by atoms with E-state index < -0.39 is 17.7 Å². The predicted molar refractivity (Wildman–Crippen MR) is 94.4 cm³/mol. The number of fused-ring (bicyclic) bond motifs is 1. The van der Waals surface area contributed by atoms with Crippen LogP contribution >= 0.6 is 11.8 Å². The Labute approximate surface area is 148 Å². The number of amides is 1. The number of imidazole rings is 1. The first-order valence-corrected chi connectivity index (χ1v) is 8.73. The quantitative estimate of drug-likeness (QED) is 0.703. The second-order valence-corrected chi connectivity index (χ2v) is 6.63. The highest BCUT2D eigenvalue weighted by Crippen LogP contribution is 2.23. The van der Waals surface area contributed by atoms with E-state index in [0.29, 0.717) is 0 Å². The van der Waals surface area contributed by atoms with E-state index in [-0.39, 0.29) is 17.2 Å². The molecule has 1 atom stereocenters. The van der Waals surface area contributed by atoms with E-state index in [1.165, 1.54) is 23.9 Å². The molecule has 0 saturated heterocycles. The van der Waals surface area contributed by atoms with E-state index >= 15 is 0 Å². The number of hydrogen-bond donors (Lipinski definition) is 1. The molecule has 2 aromatic carbocycles. The summed E-state index contributed by atoms with van der Waals surface area (Å²) in [7, 11) is 1.89. The number of nitrogens with zero attached hydrogens (tertiary/aromatic N) is 2. The number of hydrogen-bond acceptors (Lipinski definition) is 3. The molecule has 0 fully saturated rings. The molecule has 1 amide bonds. The lowest BCUT2D eigenvalue weighted by molar-refractivity contribution is -0.119. The third-order valence-electron chi connectivity index (χ3n) is 3.88. The molecule has 0 aliphatic rings. The zero-order chi connectivity index (χ0) is 18.0. The Kier molecular flexibility index (Phi) is 5.03. The Morgan fingerprint density at radius 3 is 2.76 bits per heavy atom. The van der Waals surface area contributed by atoms with E-state index in [2.05, 4.69) is 10.3 Å². The van der Waals surface area contributed by atoms with E-state index in [1.807, 2.05) is 35.9 Å². The fourth-order valence-electron chi connectivity index (χ4n) is 2.60. The highest BCUT2D eigenvalue weighted by atomic mass is 32.2. The van der Waals surface area contributed by atoms with E-state index in [4.69, 9.17) is 0 Å². The van der Waals surface area contributed by atoms with Crippen LogP contribution in [0, 0.1) is 11.6 Å². The van der Waals surface area contributed by atoms with Gasteiger partial charge in [-0.25, -0.2) is 13.8 Å². The third kappa shape index (κ3) is 3.82. The maximum absolute atomic E-state index is 13.8. The number of nitrogens with one attached hydrogen (secondary N) is 1. The van der Waals surface area contributed by atoms with Crippen LogP contribution in [0.25, 0.3) is 11.0 Å². The minimum atomic E-state index is -0.671. The van der Waals surface area contributed by atoms with Crippen molar-refractivity contribution >= 4 is 28.7 Å². The largest absolute Gasteiger partial charge is 0.349 e. The van der Waals surface area contributed by atoms with Gasteiger partial charge in [0, 0.05) is 18.7 Å². The molecule has 3 rings (SSSR count). The topological polar surface area (TPSA) is 46.9 Å². The Morgan fingerprint density at radius 1 is 1.28 bits per heavy atom. The highest BCUT2D eigenvalue weighted by molar-refractivity contribution is 7.99. The van der Waals surface area contributed by atoms with Gasteiger partial charge in [-0.2, -0.15) is 0 Å². The fraction of sp³-hybridized carbons (Fsp3) is 0.222. The van der Waals surface area contributed by atoms with Crippen molar-refractivity contribution in [3.05, 3.63) is 59.7 Å². The molecule has 1 aromatic heterocycles. The first-order valence-electron chi connectivity index (χ1n) is 7.74. The van der Waals surface area contributed by atoms with Crippen molar-refractivity contribution in [3.63, 3.8) is 0 Å². The van der Waals surface area contributed by atoms with Crippen LogP contribution in [0.15, 0.2) is 47.6 Å². The van der Waals surface area contributed by atoms with Crippen molar-refractivity contribution in [2.75, 3.05) is 5.75 Å². The molecule has 0 saturated carbocycles. The molecule has 130 valence electrons. The van der Waals surface area contributed by atoms with Crippen molar-refractivity contribution in [2.24, 2.45) is 7.05 Å². The monoisotopic (exact) mass is 361 g/mol. The summed E-state index contributed by atoms with van der Waals surface area (Å²) in [5, 5.41) is 3.45. The van der Waals surface area contributed by atoms with Crippen LogP contribution in [0.2, 0.25) is 0 Å². The number of carbonyl (C=O) groups is 1. The number of carbonyl (C=O) groups excluding carboxylic acids is 1. The molecule has 3 aromatic rings. The molecule has 1 heterocycles. The Hall–Kier alpha value is -2.41. The Bertz CT molecular complexity index is 926. The SMILES string of the molecule is CC(NC(=O)CSc1nc2ccccc2n1C)c1ccc(F)cc1F. The van der Waals surface area contributed by atoms with Gasteiger partial charge in [0.05, 0.1) is 22.8 Å². The van der Waals surface area contributed by atoms with Crippen LogP contribution in [0.5, 0.6) is 0 Å². The van der Waals surface area contributed by atoms with Crippen LogP contribution < -0.4 is 5.32 Å². The van der Waals surface area contributed by atoms with Crippen molar-refractivity contribution in [2.45, 2.75) is 18.1 Å². The first kappa shape index (κ1) is 17.4. The van der Waals surface area contributed by atoms with E-state index in [1.54, 1.807) is 6.92 Å². The molecule has 25 heavy (non-hydrogen) atoms. The summed E-state index contributed by atoms with van der Waals surface area (Å²) in [5.74, 6) is -1.40. The van der Waals surface area contributed by atoms with Gasteiger partial charge in [0.25, 0.3) is 0 Å². The Morgan fingerprint density at radius 2 is 2.04 bits per heavy atom. The van der Waals surface area contributed by atoms with Crippen LogP contribution in [0.3, 0.4) is 0 Å². The van der Waals surface area contributed by atoms with Crippen molar-refractivity contribution in [1.82, 2.24) is 14.9 Å². The lowest BCUT2D eigenvalue weighted by Gasteiger charge is -2.15. The van der Waals surface area contributed by atoms with Gasteiger partial charge in [-0.15, -0.1) is 0 Å². The van der Waals surface area contributed by atoms with Gasteiger partial charge in [0.2, 0.25) is 5.91 Å². The summed E-state index contributed by atoms with van der Waals surface area (Å²) in [6.07, 6.45) is 0. The number of halogens is 2. The van der Waals surface area contributed by atoms with Crippen LogP contribution in [-0.2, 0) is 11.8 Å². The van der Waals surface area contributed by atoms with Gasteiger partial charge in [-0.05, 0) is 25.1 Å². The second-order valence-electron chi connectivity index (χ2n) is 5.69. The first-order chi connectivity index (χ1) is 12.0. The average molecular weight is 361 g/mol. The zero-order valence-corrected chi connectivity index (χ0v) is 14.6. The molecule has 1 N–H and O–H groups in total. The molecular formula is C18H17F2N3OS. The van der Waals surface area contributed by atoms with Crippen molar-refractivity contribution in [3.8, 4) is 0 Å². The third-order valence-corrected chi connectivity index (χ3v) is 4.91. The molecule has 0 spiro atoms. The summed E-state index contributed by atoms with van der Waals surface area (Å²) in [5.41, 5.74) is 2.12. The lowest BCUT2D eigenvalue weighted by atomic mass is 10.1. The molecule has 0 aliphatic heterocycles. The number of thioether (sulfide) groups is 1. The molecule has 0 radical (unpaired) electrons. The van der Waals surface area contributed by atoms with Gasteiger partial charge < -0.3 is 9.88 Å². The molecule has 4 nitrogen and oxygen atoms in total. The van der Waals surface area contributed by atoms with Crippen LogP contribution in [0.4, 0.5) is 8.78 Å². The molecule has 0 bridgehead atoms. The van der Waals surface area contributed by atoms with Gasteiger partial charge in [-0.1, -0.05) is 30.0 Å². The highest BCUT2D eigenvalue weighted by Gasteiger charge is 2.15. The minimum Gasteiger partial charge on any atom is -0.349 e. The summed E-state index contributed by atoms with van der Waals surface area (Å²) < 4.78 is 28.7. The number of aryl methyl sites for hydroxylation is 1. The van der Waals surface area contributed by atoms with Crippen molar-refractivity contribution in [1.29, 1.82) is 0 Å². The maximum atomic E-state index is 13.8. The number of benzene rings is 2. The second kappa shape index (κ2) is 7.23. The maximum Gasteiger partial charge on any atom is 0.230 e. The van der Waals surface area contributed by atoms with Gasteiger partial charge in [0.15, 0.2) is 5.16 Å². The molecular weight excluding hydrogens is 344 g/mol. The summed E-state index contributed by atoms with van der Waals surface area (Å²) in [4.78, 5) is 16.6. The summed E-state index contributed by atoms with van der Waals surface area (Å²) in [6.45, 7) is 1.66. The number of rotatable bonds is 5. The van der Waals surface area contributed by atoms with E-state index in [0.717, 1.165) is 22.3 Å². The smallest absolute Gasteiger partial charge is 0.230 e. The van der Waals surface area contributed by atoms with Crippen molar-refractivity contribution < 1.29 is 13.6 Å². The molecule has 1 unspecified atom stereocenters. The molecule has 7 heteroatoms. The van der Waals surface area contributed by atoms with Crippen LogP contribution in [0.1, 0.15) is 18.5 Å². The summed E-state index contributed by atoms with van der Waals surface area (Å²) in [6, 6.07) is 10.5. The predicted octanol–water partition coefficient (Wildman–Crippen LogP) is 3.82. The van der Waals surface area contributed by atoms with Gasteiger partial charge in [-0.3, -0.25) is 4.79 Å². The summed E-state index contributed by atoms with van der Waals surface area (Å²) >= 11 is 1.31.